The average molecular weight is 326 g/mol. The molecular formula is C14H18N2O3S2. The first kappa shape index (κ1) is 15.8. The molecular weight excluding hydrogens is 308 g/mol. The van der Waals surface area contributed by atoms with Gasteiger partial charge in [-0.25, -0.2) is 8.42 Å². The Morgan fingerprint density at radius 2 is 2.00 bits per heavy atom. The quantitative estimate of drug-likeness (QED) is 0.915. The lowest BCUT2D eigenvalue weighted by atomic mass is 10.3. The van der Waals surface area contributed by atoms with Crippen LogP contribution in [0.2, 0.25) is 0 Å². The molecule has 0 aliphatic heterocycles. The van der Waals surface area contributed by atoms with E-state index in [0.717, 1.165) is 10.4 Å². The van der Waals surface area contributed by atoms with E-state index in [-0.39, 0.29) is 4.21 Å². The molecule has 0 aliphatic carbocycles. The average Bonchev–Trinajstić information content (AvgIpc) is 2.88. The molecule has 5 nitrogen and oxygen atoms in total. The van der Waals surface area contributed by atoms with Gasteiger partial charge in [-0.1, -0.05) is 12.1 Å². The molecule has 114 valence electrons. The molecule has 1 aromatic carbocycles. The predicted octanol–water partition coefficient (Wildman–Crippen LogP) is 2.35. The summed E-state index contributed by atoms with van der Waals surface area (Å²) < 4.78 is 32.2. The molecule has 1 aromatic heterocycles. The van der Waals surface area contributed by atoms with Crippen molar-refractivity contribution < 1.29 is 13.2 Å². The SMILES string of the molecule is COc1ccccc1N(C)S(=O)(=O)c1cc(C)c(CN)s1. The van der Waals surface area contributed by atoms with Gasteiger partial charge in [-0.15, -0.1) is 11.3 Å². The van der Waals surface area contributed by atoms with E-state index < -0.39 is 10.0 Å². The summed E-state index contributed by atoms with van der Waals surface area (Å²) in [5.41, 5.74) is 7.02. The van der Waals surface area contributed by atoms with Gasteiger partial charge in [0.15, 0.2) is 0 Å². The van der Waals surface area contributed by atoms with Crippen molar-refractivity contribution in [2.45, 2.75) is 17.7 Å². The Kier molecular flexibility index (Phi) is 4.55. The third-order valence-electron chi connectivity index (χ3n) is 3.22. The van der Waals surface area contributed by atoms with Crippen molar-refractivity contribution in [2.75, 3.05) is 18.5 Å². The molecule has 1 heterocycles. The van der Waals surface area contributed by atoms with E-state index >= 15 is 0 Å². The summed E-state index contributed by atoms with van der Waals surface area (Å²) in [7, 11) is -0.587. The van der Waals surface area contributed by atoms with Crippen LogP contribution in [0, 0.1) is 6.92 Å². The zero-order chi connectivity index (χ0) is 15.6. The number of benzene rings is 1. The van der Waals surface area contributed by atoms with E-state index in [1.54, 1.807) is 30.3 Å². The minimum Gasteiger partial charge on any atom is -0.495 e. The second-order valence-corrected chi connectivity index (χ2v) is 7.85. The first-order chi connectivity index (χ1) is 9.91. The molecule has 0 spiro atoms. The van der Waals surface area contributed by atoms with Crippen LogP contribution in [-0.2, 0) is 16.6 Å². The lowest BCUT2D eigenvalue weighted by molar-refractivity contribution is 0.416. The molecule has 0 fully saturated rings. The maximum Gasteiger partial charge on any atom is 0.273 e. The van der Waals surface area contributed by atoms with Crippen molar-refractivity contribution in [3.63, 3.8) is 0 Å². The normalized spacial score (nSPS) is 11.4. The third-order valence-corrected chi connectivity index (χ3v) is 6.70. The number of rotatable bonds is 5. The Hall–Kier alpha value is -1.57. The third kappa shape index (κ3) is 2.90. The van der Waals surface area contributed by atoms with E-state index in [9.17, 15) is 8.42 Å². The Morgan fingerprint density at radius 1 is 1.33 bits per heavy atom. The number of ether oxygens (including phenoxy) is 1. The number of methoxy groups -OCH3 is 1. The largest absolute Gasteiger partial charge is 0.495 e. The fraction of sp³-hybridized carbons (Fsp3) is 0.286. The van der Waals surface area contributed by atoms with Crippen LogP contribution < -0.4 is 14.8 Å². The van der Waals surface area contributed by atoms with Crippen LogP contribution in [0.1, 0.15) is 10.4 Å². The second kappa shape index (κ2) is 6.05. The van der Waals surface area contributed by atoms with E-state index in [2.05, 4.69) is 0 Å². The summed E-state index contributed by atoms with van der Waals surface area (Å²) in [6.45, 7) is 2.20. The maximum atomic E-state index is 12.7. The maximum absolute atomic E-state index is 12.7. The topological polar surface area (TPSA) is 72.6 Å². The van der Waals surface area contributed by atoms with E-state index in [0.29, 0.717) is 18.0 Å². The number of anilines is 1. The molecule has 0 saturated heterocycles. The fourth-order valence-electron chi connectivity index (χ4n) is 1.97. The summed E-state index contributed by atoms with van der Waals surface area (Å²) in [6.07, 6.45) is 0. The standard InChI is InChI=1S/C14H18N2O3S2/c1-10-8-14(20-13(10)9-15)21(17,18)16(2)11-6-4-5-7-12(11)19-3/h4-8H,9,15H2,1-3H3. The molecule has 0 unspecified atom stereocenters. The van der Waals surface area contributed by atoms with Crippen molar-refractivity contribution in [1.82, 2.24) is 0 Å². The van der Waals surface area contributed by atoms with Crippen LogP contribution in [0.4, 0.5) is 5.69 Å². The molecule has 2 aromatic rings. The highest BCUT2D eigenvalue weighted by Crippen LogP contribution is 2.34. The molecule has 2 rings (SSSR count). The summed E-state index contributed by atoms with van der Waals surface area (Å²) in [5, 5.41) is 0. The summed E-state index contributed by atoms with van der Waals surface area (Å²) in [6, 6.07) is 8.67. The molecule has 0 aliphatic rings. The Labute approximate surface area is 129 Å². The highest BCUT2D eigenvalue weighted by molar-refractivity contribution is 7.94. The monoisotopic (exact) mass is 326 g/mol. The number of para-hydroxylation sites is 2. The first-order valence-electron chi connectivity index (χ1n) is 6.33. The predicted molar refractivity (Wildman–Crippen MR) is 85.5 cm³/mol. The van der Waals surface area contributed by atoms with Gasteiger partial charge in [0, 0.05) is 18.5 Å². The molecule has 0 bridgehead atoms. The molecule has 7 heteroatoms. The molecule has 0 saturated carbocycles. The second-order valence-electron chi connectivity index (χ2n) is 4.52. The first-order valence-corrected chi connectivity index (χ1v) is 8.58. The number of aryl methyl sites for hydroxylation is 1. The molecule has 0 radical (unpaired) electrons. The van der Waals surface area contributed by atoms with Gasteiger partial charge >= 0.3 is 0 Å². The number of nitrogens with zero attached hydrogens (tertiary/aromatic N) is 1. The highest BCUT2D eigenvalue weighted by atomic mass is 32.2. The van der Waals surface area contributed by atoms with Gasteiger partial charge in [-0.05, 0) is 30.7 Å². The van der Waals surface area contributed by atoms with Gasteiger partial charge < -0.3 is 10.5 Å². The fourth-order valence-corrected chi connectivity index (χ4v) is 4.82. The molecule has 0 amide bonds. The van der Waals surface area contributed by atoms with Crippen LogP contribution in [0.3, 0.4) is 0 Å². The minimum atomic E-state index is -3.62. The van der Waals surface area contributed by atoms with Crippen LogP contribution in [0.5, 0.6) is 5.75 Å². The minimum absolute atomic E-state index is 0.286. The van der Waals surface area contributed by atoms with Crippen molar-refractivity contribution in [2.24, 2.45) is 5.73 Å². The van der Waals surface area contributed by atoms with Crippen LogP contribution in [0.25, 0.3) is 0 Å². The number of hydrogen-bond acceptors (Lipinski definition) is 5. The number of thiophene rings is 1. The number of nitrogens with two attached hydrogens (primary N) is 1. The Morgan fingerprint density at radius 3 is 2.57 bits per heavy atom. The van der Waals surface area contributed by atoms with Gasteiger partial charge in [0.25, 0.3) is 10.0 Å². The van der Waals surface area contributed by atoms with Crippen LogP contribution in [0.15, 0.2) is 34.5 Å². The molecule has 0 atom stereocenters. The smallest absolute Gasteiger partial charge is 0.273 e. The molecule has 21 heavy (non-hydrogen) atoms. The molecule has 2 N–H and O–H groups in total. The Balaban J connectivity index is 2.47. The summed E-state index contributed by atoms with van der Waals surface area (Å²) >= 11 is 1.21. The zero-order valence-corrected chi connectivity index (χ0v) is 13.8. The summed E-state index contributed by atoms with van der Waals surface area (Å²) in [5.74, 6) is 0.510. The highest BCUT2D eigenvalue weighted by Gasteiger charge is 2.26. The van der Waals surface area contributed by atoms with Crippen LogP contribution in [-0.4, -0.2) is 22.6 Å². The van der Waals surface area contributed by atoms with Gasteiger partial charge in [0.2, 0.25) is 0 Å². The number of sulfonamides is 1. The van der Waals surface area contributed by atoms with Crippen molar-refractivity contribution in [1.29, 1.82) is 0 Å². The number of hydrogen-bond donors (Lipinski definition) is 1. The van der Waals surface area contributed by atoms with Crippen molar-refractivity contribution in [3.8, 4) is 5.75 Å². The van der Waals surface area contributed by atoms with Gasteiger partial charge in [-0.3, -0.25) is 4.31 Å². The van der Waals surface area contributed by atoms with Crippen LogP contribution >= 0.6 is 11.3 Å². The lowest BCUT2D eigenvalue weighted by Gasteiger charge is -2.20. The van der Waals surface area contributed by atoms with E-state index in [1.165, 1.54) is 29.8 Å². The van der Waals surface area contributed by atoms with Gasteiger partial charge in [0.05, 0.1) is 12.8 Å². The lowest BCUT2D eigenvalue weighted by Crippen LogP contribution is -2.26. The Bertz CT molecular complexity index is 738. The summed E-state index contributed by atoms with van der Waals surface area (Å²) in [4.78, 5) is 0.877. The van der Waals surface area contributed by atoms with E-state index in [1.807, 2.05) is 6.92 Å². The van der Waals surface area contributed by atoms with Gasteiger partial charge in [-0.2, -0.15) is 0 Å². The van der Waals surface area contributed by atoms with Crippen molar-refractivity contribution >= 4 is 27.0 Å². The van der Waals surface area contributed by atoms with Crippen molar-refractivity contribution in [3.05, 3.63) is 40.8 Å². The van der Waals surface area contributed by atoms with E-state index in [4.69, 9.17) is 10.5 Å². The zero-order valence-electron chi connectivity index (χ0n) is 12.2. The van der Waals surface area contributed by atoms with Gasteiger partial charge in [0.1, 0.15) is 9.96 Å².